The average molecular weight is 736 g/mol. The lowest BCUT2D eigenvalue weighted by Gasteiger charge is -2.23. The van der Waals surface area contributed by atoms with Crippen molar-refractivity contribution in [1.82, 2.24) is 14.5 Å². The van der Waals surface area contributed by atoms with Gasteiger partial charge in [-0.15, -0.1) is 0 Å². The van der Waals surface area contributed by atoms with Gasteiger partial charge in [-0.2, -0.15) is 0 Å². The molecule has 1 amide bonds. The number of anilines is 2. The molecule has 2 saturated heterocycles. The van der Waals surface area contributed by atoms with Crippen molar-refractivity contribution in [3.8, 4) is 45.0 Å². The number of nitrogens with two attached hydrogens (primary N) is 1. The molecule has 5 aromatic rings. The Bertz CT molecular complexity index is 2180. The lowest BCUT2D eigenvalue weighted by atomic mass is 9.99. The summed E-state index contributed by atoms with van der Waals surface area (Å²) in [4.78, 5) is 36.2. The highest BCUT2D eigenvalue weighted by molar-refractivity contribution is 6.04. The van der Waals surface area contributed by atoms with E-state index < -0.39 is 17.2 Å². The van der Waals surface area contributed by atoms with E-state index in [1.807, 2.05) is 23.6 Å². The Labute approximate surface area is 312 Å². The maximum atomic E-state index is 15.9. The molecule has 0 radical (unpaired) electrons. The third-order valence-electron chi connectivity index (χ3n) is 9.56. The molecule has 5 heterocycles. The number of nitrogens with zero attached hydrogens (tertiary/aromatic N) is 3. The van der Waals surface area contributed by atoms with Crippen LogP contribution in [0.5, 0.6) is 11.5 Å². The van der Waals surface area contributed by atoms with E-state index in [2.05, 4.69) is 15.3 Å². The van der Waals surface area contributed by atoms with Crippen LogP contribution in [0.4, 0.5) is 15.9 Å². The summed E-state index contributed by atoms with van der Waals surface area (Å²) in [6.45, 7) is 5.72. The van der Waals surface area contributed by atoms with Crippen molar-refractivity contribution in [1.29, 1.82) is 0 Å². The van der Waals surface area contributed by atoms with Crippen molar-refractivity contribution in [3.63, 3.8) is 0 Å². The molecule has 0 spiro atoms. The number of aryl methyl sites for hydroxylation is 1. The summed E-state index contributed by atoms with van der Waals surface area (Å²) in [5, 5.41) is 2.72. The van der Waals surface area contributed by atoms with Crippen LogP contribution in [0.1, 0.15) is 28.8 Å². The summed E-state index contributed by atoms with van der Waals surface area (Å²) in [7, 11) is 1.55. The molecule has 2 aliphatic rings. The first-order valence-electron chi connectivity index (χ1n) is 17.9. The van der Waals surface area contributed by atoms with Crippen LogP contribution in [0.15, 0.2) is 84.2 Å². The molecule has 0 aliphatic carbocycles. The van der Waals surface area contributed by atoms with Gasteiger partial charge >= 0.3 is 0 Å². The zero-order chi connectivity index (χ0) is 37.6. The normalized spacial score (nSPS) is 16.2. The van der Waals surface area contributed by atoms with Crippen LogP contribution in [0.25, 0.3) is 33.5 Å². The number of methoxy groups -OCH3 is 1. The fraction of sp³-hybridized carbons (Fsp3) is 0.317. The number of nitrogen functional groups attached to an aromatic ring is 1. The van der Waals surface area contributed by atoms with Crippen LogP contribution < -0.4 is 26.0 Å². The molecule has 7 rings (SSSR count). The van der Waals surface area contributed by atoms with E-state index in [0.717, 1.165) is 24.0 Å². The smallest absolute Gasteiger partial charge is 0.261 e. The summed E-state index contributed by atoms with van der Waals surface area (Å²) in [5.74, 6) is 0.206. The van der Waals surface area contributed by atoms with Crippen LogP contribution in [0, 0.1) is 18.7 Å². The quantitative estimate of drug-likeness (QED) is 0.162. The zero-order valence-corrected chi connectivity index (χ0v) is 30.2. The lowest BCUT2D eigenvalue weighted by molar-refractivity contribution is -0.101. The van der Waals surface area contributed by atoms with Gasteiger partial charge in [0.2, 0.25) is 5.43 Å². The Hall–Kier alpha value is -5.63. The van der Waals surface area contributed by atoms with E-state index >= 15 is 4.39 Å². The van der Waals surface area contributed by atoms with E-state index in [0.29, 0.717) is 86.0 Å². The van der Waals surface area contributed by atoms with E-state index in [1.165, 1.54) is 12.1 Å². The predicted molar refractivity (Wildman–Crippen MR) is 202 cm³/mol. The van der Waals surface area contributed by atoms with Crippen LogP contribution in [-0.2, 0) is 20.8 Å². The first kappa shape index (κ1) is 36.7. The Balaban J connectivity index is 1.12. The second kappa shape index (κ2) is 16.6. The largest absolute Gasteiger partial charge is 0.493 e. The summed E-state index contributed by atoms with van der Waals surface area (Å²) in [5.41, 5.74) is 9.58. The molecule has 0 bridgehead atoms. The number of carbonyl (C=O) groups excluding carboxylic acids is 1. The van der Waals surface area contributed by atoms with E-state index in [-0.39, 0.29) is 28.7 Å². The van der Waals surface area contributed by atoms with Crippen molar-refractivity contribution in [3.05, 3.63) is 107 Å². The van der Waals surface area contributed by atoms with Gasteiger partial charge in [-0.3, -0.25) is 14.6 Å². The molecule has 3 N–H and O–H groups in total. The van der Waals surface area contributed by atoms with Crippen LogP contribution in [0.2, 0.25) is 0 Å². The van der Waals surface area contributed by atoms with Gasteiger partial charge in [-0.25, -0.2) is 9.37 Å². The SMILES string of the molecule is COc1cc(-c2cnc(N)c(-c3ccc(NC(=O)c4cn(CC5CCOCC5)cc(-c5ccc(C)cn5)c4=O)cc3F)c2)ccc1OC[C@H]1COCCO1. The maximum absolute atomic E-state index is 15.9. The molecule has 2 aromatic carbocycles. The third-order valence-corrected chi connectivity index (χ3v) is 9.56. The first-order valence-corrected chi connectivity index (χ1v) is 17.9. The lowest BCUT2D eigenvalue weighted by Crippen LogP contribution is -2.33. The molecular weight excluding hydrogens is 693 g/mol. The molecule has 13 heteroatoms. The maximum Gasteiger partial charge on any atom is 0.261 e. The fourth-order valence-electron chi connectivity index (χ4n) is 6.58. The molecule has 1 atom stereocenters. The first-order chi connectivity index (χ1) is 26.2. The number of nitrogens with one attached hydrogen (secondary N) is 1. The number of amides is 1. The number of rotatable bonds is 11. The number of halogens is 1. The molecule has 0 saturated carbocycles. The molecule has 2 fully saturated rings. The number of benzene rings is 2. The van der Waals surface area contributed by atoms with E-state index in [9.17, 15) is 9.59 Å². The Morgan fingerprint density at radius 2 is 1.78 bits per heavy atom. The Kier molecular flexibility index (Phi) is 11.3. The minimum atomic E-state index is -0.661. The average Bonchev–Trinajstić information content (AvgIpc) is 3.19. The van der Waals surface area contributed by atoms with E-state index in [1.54, 1.807) is 62.2 Å². The number of hydrogen-bond acceptors (Lipinski definition) is 10. The van der Waals surface area contributed by atoms with Gasteiger partial charge in [-0.1, -0.05) is 12.1 Å². The minimum absolute atomic E-state index is 0.0734. The standard InChI is InChI=1S/C41H42FN5O7/c1-25-3-7-36(44-18-25)33-21-47(20-26-9-11-51-12-10-26)22-34(39(33)48)41(49)46-29-5-6-31(35(42)17-29)32-15-28(19-45-40(32)43)27-4-8-37(38(16-27)50-2)54-24-30-23-52-13-14-53-30/h3-8,15-19,21-22,26,30H,9-14,20,23-24H2,1-2H3,(H2,43,45)(H,46,49)/t30-/m1/s1. The highest BCUT2D eigenvalue weighted by Crippen LogP contribution is 2.36. The molecule has 54 heavy (non-hydrogen) atoms. The van der Waals surface area contributed by atoms with Crippen molar-refractivity contribution in [2.75, 3.05) is 57.8 Å². The van der Waals surface area contributed by atoms with E-state index in [4.69, 9.17) is 29.4 Å². The van der Waals surface area contributed by atoms with Crippen LogP contribution >= 0.6 is 0 Å². The Morgan fingerprint density at radius 3 is 2.52 bits per heavy atom. The molecular formula is C41H42FN5O7. The predicted octanol–water partition coefficient (Wildman–Crippen LogP) is 6.15. The van der Waals surface area contributed by atoms with Crippen LogP contribution in [-0.4, -0.2) is 73.3 Å². The highest BCUT2D eigenvalue weighted by Gasteiger charge is 2.22. The number of carbonyl (C=O) groups is 1. The van der Waals surface area contributed by atoms with Gasteiger partial charge in [0.1, 0.15) is 29.9 Å². The highest BCUT2D eigenvalue weighted by atomic mass is 19.1. The van der Waals surface area contributed by atoms with Gasteiger partial charge in [0.25, 0.3) is 5.91 Å². The van der Waals surface area contributed by atoms with Gasteiger partial charge in [0.05, 0.1) is 38.2 Å². The molecule has 0 unspecified atom stereocenters. The second-order valence-electron chi connectivity index (χ2n) is 13.4. The molecule has 3 aromatic heterocycles. The second-order valence-corrected chi connectivity index (χ2v) is 13.4. The number of ether oxygens (including phenoxy) is 5. The molecule has 2 aliphatic heterocycles. The number of pyridine rings is 3. The topological polar surface area (TPSA) is 149 Å². The van der Waals surface area contributed by atoms with Gasteiger partial charge < -0.3 is 39.3 Å². The molecule has 280 valence electrons. The Morgan fingerprint density at radius 1 is 0.926 bits per heavy atom. The fourth-order valence-corrected chi connectivity index (χ4v) is 6.58. The van der Waals surface area contributed by atoms with Crippen molar-refractivity contribution >= 4 is 17.4 Å². The van der Waals surface area contributed by atoms with Crippen molar-refractivity contribution in [2.45, 2.75) is 32.4 Å². The van der Waals surface area contributed by atoms with Crippen molar-refractivity contribution in [2.24, 2.45) is 5.92 Å². The number of hydrogen-bond donors (Lipinski definition) is 2. The summed E-state index contributed by atoms with van der Waals surface area (Å²) < 4.78 is 45.9. The monoisotopic (exact) mass is 735 g/mol. The van der Waals surface area contributed by atoms with Gasteiger partial charge in [-0.05, 0) is 79.3 Å². The summed E-state index contributed by atoms with van der Waals surface area (Å²) in [6, 6.07) is 15.1. The van der Waals surface area contributed by atoms with Gasteiger partial charge in [0.15, 0.2) is 11.5 Å². The summed E-state index contributed by atoms with van der Waals surface area (Å²) >= 11 is 0. The van der Waals surface area contributed by atoms with Crippen molar-refractivity contribution < 1.29 is 32.9 Å². The van der Waals surface area contributed by atoms with Crippen LogP contribution in [0.3, 0.4) is 0 Å². The minimum Gasteiger partial charge on any atom is -0.493 e. The molecule has 12 nitrogen and oxygen atoms in total. The third kappa shape index (κ3) is 8.44. The van der Waals surface area contributed by atoms with Gasteiger partial charge in [0, 0.05) is 66.9 Å². The zero-order valence-electron chi connectivity index (χ0n) is 30.2. The number of aromatic nitrogens is 3. The summed E-state index contributed by atoms with van der Waals surface area (Å²) in [6.07, 6.45) is 8.17.